The average Bonchev–Trinajstić information content (AvgIpc) is 2.38. The van der Waals surface area contributed by atoms with Gasteiger partial charge >= 0.3 is 6.03 Å². The minimum atomic E-state index is -0.423. The number of benzene rings is 2. The van der Waals surface area contributed by atoms with Crippen molar-refractivity contribution in [1.82, 2.24) is 0 Å². The molecule has 2 aromatic rings. The van der Waals surface area contributed by atoms with Gasteiger partial charge in [0, 0.05) is 21.4 Å². The van der Waals surface area contributed by atoms with E-state index in [1.807, 2.05) is 6.07 Å². The number of anilines is 2. The van der Waals surface area contributed by atoms with Crippen LogP contribution in [-0.2, 0) is 0 Å². The Bertz CT molecular complexity index is 658. The molecular formula is C14H9Cl2N3O. The van der Waals surface area contributed by atoms with Crippen LogP contribution >= 0.6 is 23.2 Å². The van der Waals surface area contributed by atoms with Crippen LogP contribution in [0.4, 0.5) is 16.2 Å². The van der Waals surface area contributed by atoms with Crippen molar-refractivity contribution in [3.63, 3.8) is 0 Å². The summed E-state index contributed by atoms with van der Waals surface area (Å²) in [6.45, 7) is 0. The molecule has 2 amide bonds. The lowest BCUT2D eigenvalue weighted by Gasteiger charge is -2.08. The van der Waals surface area contributed by atoms with Gasteiger partial charge in [0.15, 0.2) is 0 Å². The molecule has 100 valence electrons. The Hall–Kier alpha value is -2.22. The summed E-state index contributed by atoms with van der Waals surface area (Å²) in [5.74, 6) is 0. The van der Waals surface area contributed by atoms with Crippen molar-refractivity contribution < 1.29 is 4.79 Å². The summed E-state index contributed by atoms with van der Waals surface area (Å²) in [4.78, 5) is 11.8. The number of carbonyl (C=O) groups excluding carboxylic acids is 1. The molecule has 0 atom stereocenters. The third-order valence-electron chi connectivity index (χ3n) is 2.39. The fourth-order valence-corrected chi connectivity index (χ4v) is 2.07. The number of amides is 2. The van der Waals surface area contributed by atoms with E-state index < -0.39 is 6.03 Å². The van der Waals surface area contributed by atoms with E-state index in [1.54, 1.807) is 42.5 Å². The number of nitriles is 1. The van der Waals surface area contributed by atoms with Gasteiger partial charge in [-0.3, -0.25) is 0 Å². The Balaban J connectivity index is 2.03. The van der Waals surface area contributed by atoms with Crippen molar-refractivity contribution in [1.29, 1.82) is 5.26 Å². The summed E-state index contributed by atoms with van der Waals surface area (Å²) in [5.41, 5.74) is 1.60. The summed E-state index contributed by atoms with van der Waals surface area (Å²) >= 11 is 11.7. The first kappa shape index (κ1) is 14.2. The molecule has 4 nitrogen and oxygen atoms in total. The Morgan fingerprint density at radius 1 is 0.950 bits per heavy atom. The van der Waals surface area contributed by atoms with E-state index >= 15 is 0 Å². The van der Waals surface area contributed by atoms with Crippen LogP contribution in [0.3, 0.4) is 0 Å². The van der Waals surface area contributed by atoms with Gasteiger partial charge in [-0.15, -0.1) is 0 Å². The molecule has 0 bridgehead atoms. The minimum Gasteiger partial charge on any atom is -0.308 e. The van der Waals surface area contributed by atoms with E-state index in [-0.39, 0.29) is 0 Å². The number of hydrogen-bond acceptors (Lipinski definition) is 2. The first-order chi connectivity index (χ1) is 9.56. The van der Waals surface area contributed by atoms with Crippen LogP contribution in [0.5, 0.6) is 0 Å². The predicted octanol–water partition coefficient (Wildman–Crippen LogP) is 4.51. The summed E-state index contributed by atoms with van der Waals surface area (Å²) < 4.78 is 0. The van der Waals surface area contributed by atoms with Gasteiger partial charge in [-0.2, -0.15) is 5.26 Å². The largest absolute Gasteiger partial charge is 0.323 e. The molecule has 0 radical (unpaired) electrons. The van der Waals surface area contributed by atoms with E-state index in [4.69, 9.17) is 28.5 Å². The van der Waals surface area contributed by atoms with Gasteiger partial charge in [0.2, 0.25) is 0 Å². The zero-order valence-electron chi connectivity index (χ0n) is 10.2. The topological polar surface area (TPSA) is 64.9 Å². The third-order valence-corrected chi connectivity index (χ3v) is 2.83. The van der Waals surface area contributed by atoms with Gasteiger partial charge in [-0.05, 0) is 42.5 Å². The molecule has 0 aliphatic rings. The molecule has 0 saturated carbocycles. The SMILES string of the molecule is N#Cc1ccc(NC(=O)Nc2cc(Cl)cc(Cl)c2)cc1. The maximum Gasteiger partial charge on any atom is 0.323 e. The maximum absolute atomic E-state index is 11.8. The van der Waals surface area contributed by atoms with Gasteiger partial charge in [0.1, 0.15) is 0 Å². The molecule has 0 spiro atoms. The van der Waals surface area contributed by atoms with E-state index in [2.05, 4.69) is 10.6 Å². The summed E-state index contributed by atoms with van der Waals surface area (Å²) in [5, 5.41) is 14.8. The van der Waals surface area contributed by atoms with Gasteiger partial charge in [-0.1, -0.05) is 23.2 Å². The molecule has 0 saturated heterocycles. The van der Waals surface area contributed by atoms with Crippen LogP contribution in [0.15, 0.2) is 42.5 Å². The number of nitrogens with one attached hydrogen (secondary N) is 2. The first-order valence-electron chi connectivity index (χ1n) is 5.61. The molecule has 2 rings (SSSR count). The van der Waals surface area contributed by atoms with Crippen LogP contribution in [0.25, 0.3) is 0 Å². The number of rotatable bonds is 2. The van der Waals surface area contributed by atoms with Crippen LogP contribution in [0.2, 0.25) is 10.0 Å². The fourth-order valence-electron chi connectivity index (χ4n) is 1.55. The fraction of sp³-hybridized carbons (Fsp3) is 0. The van der Waals surface area contributed by atoms with Gasteiger partial charge in [-0.25, -0.2) is 4.79 Å². The molecule has 2 aromatic carbocycles. The zero-order valence-corrected chi connectivity index (χ0v) is 11.7. The second kappa shape index (κ2) is 6.29. The normalized spacial score (nSPS) is 9.65. The second-order valence-corrected chi connectivity index (χ2v) is 4.80. The van der Waals surface area contributed by atoms with Crippen LogP contribution in [-0.4, -0.2) is 6.03 Å². The van der Waals surface area contributed by atoms with Crippen LogP contribution < -0.4 is 10.6 Å². The van der Waals surface area contributed by atoms with Gasteiger partial charge < -0.3 is 10.6 Å². The first-order valence-corrected chi connectivity index (χ1v) is 6.37. The highest BCUT2D eigenvalue weighted by Crippen LogP contribution is 2.22. The van der Waals surface area contributed by atoms with Crippen molar-refractivity contribution in [3.05, 3.63) is 58.1 Å². The third kappa shape index (κ3) is 3.89. The Morgan fingerprint density at radius 2 is 1.50 bits per heavy atom. The minimum absolute atomic E-state index is 0.423. The Kier molecular flexibility index (Phi) is 4.46. The smallest absolute Gasteiger partial charge is 0.308 e. The van der Waals surface area contributed by atoms with Crippen LogP contribution in [0.1, 0.15) is 5.56 Å². The van der Waals surface area contributed by atoms with Crippen molar-refractivity contribution >= 4 is 40.6 Å². The number of carbonyl (C=O) groups is 1. The number of urea groups is 1. The highest BCUT2D eigenvalue weighted by atomic mass is 35.5. The molecule has 0 heterocycles. The van der Waals surface area contributed by atoms with Crippen LogP contribution in [0, 0.1) is 11.3 Å². The van der Waals surface area contributed by atoms with Crippen molar-refractivity contribution in [2.45, 2.75) is 0 Å². The number of nitrogens with zero attached hydrogens (tertiary/aromatic N) is 1. The number of hydrogen-bond donors (Lipinski definition) is 2. The quantitative estimate of drug-likeness (QED) is 0.857. The molecule has 20 heavy (non-hydrogen) atoms. The molecule has 0 unspecified atom stereocenters. The summed E-state index contributed by atoms with van der Waals surface area (Å²) in [7, 11) is 0. The highest BCUT2D eigenvalue weighted by molar-refractivity contribution is 6.35. The second-order valence-electron chi connectivity index (χ2n) is 3.93. The van der Waals surface area contributed by atoms with E-state index in [1.165, 1.54) is 0 Å². The lowest BCUT2D eigenvalue weighted by Crippen LogP contribution is -2.19. The Labute approximate surface area is 125 Å². The van der Waals surface area contributed by atoms with Crippen molar-refractivity contribution in [2.24, 2.45) is 0 Å². The summed E-state index contributed by atoms with van der Waals surface area (Å²) in [6.07, 6.45) is 0. The molecule has 0 aromatic heterocycles. The molecule has 0 fully saturated rings. The monoisotopic (exact) mass is 305 g/mol. The Morgan fingerprint density at radius 3 is 2.05 bits per heavy atom. The maximum atomic E-state index is 11.8. The number of halogens is 2. The van der Waals surface area contributed by atoms with E-state index in [9.17, 15) is 4.79 Å². The van der Waals surface area contributed by atoms with E-state index in [0.29, 0.717) is 27.0 Å². The molecule has 0 aliphatic carbocycles. The zero-order chi connectivity index (χ0) is 14.5. The lowest BCUT2D eigenvalue weighted by atomic mass is 10.2. The summed E-state index contributed by atoms with van der Waals surface area (Å²) in [6, 6.07) is 12.9. The molecule has 6 heteroatoms. The highest BCUT2D eigenvalue weighted by Gasteiger charge is 2.04. The predicted molar refractivity (Wildman–Crippen MR) is 80.3 cm³/mol. The van der Waals surface area contributed by atoms with Gasteiger partial charge in [0.05, 0.1) is 11.6 Å². The van der Waals surface area contributed by atoms with E-state index in [0.717, 1.165) is 0 Å². The van der Waals surface area contributed by atoms with Crippen molar-refractivity contribution in [3.8, 4) is 6.07 Å². The average molecular weight is 306 g/mol. The standard InChI is InChI=1S/C14H9Cl2N3O/c15-10-5-11(16)7-13(6-10)19-14(20)18-12-3-1-9(8-17)2-4-12/h1-7H,(H2,18,19,20). The lowest BCUT2D eigenvalue weighted by molar-refractivity contribution is 0.262. The molecular weight excluding hydrogens is 297 g/mol. The molecule has 2 N–H and O–H groups in total. The van der Waals surface area contributed by atoms with Crippen molar-refractivity contribution in [2.75, 3.05) is 10.6 Å². The van der Waals surface area contributed by atoms with Gasteiger partial charge in [0.25, 0.3) is 0 Å². The molecule has 0 aliphatic heterocycles.